The highest BCUT2D eigenvalue weighted by atomic mass is 16.5. The number of ether oxygens (including phenoxy) is 1. The van der Waals surface area contributed by atoms with Crippen molar-refractivity contribution < 1.29 is 14.7 Å². The highest BCUT2D eigenvalue weighted by Gasteiger charge is 2.33. The maximum Gasteiger partial charge on any atom is 0.218 e. The highest BCUT2D eigenvalue weighted by molar-refractivity contribution is 6.37. The number of allylic oxidation sites excluding steroid dienone is 18. The predicted octanol–water partition coefficient (Wildman–Crippen LogP) is 14.3. The molecule has 4 aromatic carbocycles. The van der Waals surface area contributed by atoms with E-state index in [2.05, 4.69) is 263 Å². The Bertz CT molecular complexity index is 3570. The van der Waals surface area contributed by atoms with Crippen molar-refractivity contribution in [1.29, 1.82) is 0 Å². The van der Waals surface area contributed by atoms with Gasteiger partial charge in [-0.3, -0.25) is 0 Å². The molecular formula is C74H78N6O+2. The zero-order valence-corrected chi connectivity index (χ0v) is 48.5. The molecule has 7 heterocycles. The molecule has 0 unspecified atom stereocenters. The van der Waals surface area contributed by atoms with Gasteiger partial charge in [0.05, 0.1) is 40.6 Å². The van der Waals surface area contributed by atoms with Crippen LogP contribution in [-0.2, 0) is 0 Å². The number of fused-ring (bicyclic) bond motifs is 4. The van der Waals surface area contributed by atoms with E-state index in [9.17, 15) is 0 Å². The molecule has 0 radical (unpaired) electrons. The summed E-state index contributed by atoms with van der Waals surface area (Å²) in [7, 11) is 0. The third-order valence-electron chi connectivity index (χ3n) is 16.1. The number of aliphatic imine (C=N–C) groups is 2. The lowest BCUT2D eigenvalue weighted by Crippen LogP contribution is -2.71. The van der Waals surface area contributed by atoms with Crippen LogP contribution in [0.3, 0.4) is 0 Å². The van der Waals surface area contributed by atoms with Crippen molar-refractivity contribution in [2.45, 2.75) is 111 Å². The van der Waals surface area contributed by atoms with Gasteiger partial charge in [-0.15, -0.1) is 0 Å². The van der Waals surface area contributed by atoms with Crippen molar-refractivity contribution in [3.63, 3.8) is 0 Å². The van der Waals surface area contributed by atoms with Gasteiger partial charge in [0, 0.05) is 67.8 Å². The Hall–Kier alpha value is -8.42. The fourth-order valence-electron chi connectivity index (χ4n) is 11.4. The van der Waals surface area contributed by atoms with Crippen molar-refractivity contribution in [2.75, 3.05) is 19.7 Å². The molecule has 0 amide bonds. The van der Waals surface area contributed by atoms with Gasteiger partial charge in [0.2, 0.25) is 22.8 Å². The molecule has 8 bridgehead atoms. The average Bonchev–Trinajstić information content (AvgIpc) is 4.40. The van der Waals surface area contributed by atoms with Gasteiger partial charge >= 0.3 is 0 Å². The summed E-state index contributed by atoms with van der Waals surface area (Å²) >= 11 is 0. The highest BCUT2D eigenvalue weighted by Crippen LogP contribution is 2.37. The summed E-state index contributed by atoms with van der Waals surface area (Å²) < 4.78 is 6.41. The molecule has 0 saturated heterocycles. The van der Waals surface area contributed by atoms with Gasteiger partial charge in [-0.25, -0.2) is 20.0 Å². The summed E-state index contributed by atoms with van der Waals surface area (Å²) in [6, 6.07) is 35.5. The van der Waals surface area contributed by atoms with Crippen molar-refractivity contribution in [3.05, 3.63) is 268 Å². The third kappa shape index (κ3) is 12.5. The predicted molar refractivity (Wildman–Crippen MR) is 340 cm³/mol. The Balaban J connectivity index is 0.865. The maximum absolute atomic E-state index is 6.41. The minimum absolute atomic E-state index is 0.364. The van der Waals surface area contributed by atoms with E-state index in [1.165, 1.54) is 53.5 Å². The van der Waals surface area contributed by atoms with Crippen molar-refractivity contribution >= 4 is 45.1 Å². The monoisotopic (exact) mass is 1070 g/mol. The lowest BCUT2D eigenvalue weighted by molar-refractivity contribution is -0.388. The van der Waals surface area contributed by atoms with Crippen LogP contribution in [0.1, 0.15) is 150 Å². The third-order valence-corrected chi connectivity index (χ3v) is 16.1. The van der Waals surface area contributed by atoms with E-state index in [-0.39, 0.29) is 0 Å². The van der Waals surface area contributed by atoms with Crippen LogP contribution in [0.2, 0.25) is 0 Å². The second-order valence-electron chi connectivity index (χ2n) is 23.0. The van der Waals surface area contributed by atoms with E-state index in [0.29, 0.717) is 24.4 Å². The van der Waals surface area contributed by atoms with Crippen LogP contribution < -0.4 is 14.7 Å². The topological polar surface area (TPSA) is 68.4 Å². The van der Waals surface area contributed by atoms with Crippen LogP contribution in [0.25, 0.3) is 22.3 Å². The van der Waals surface area contributed by atoms with E-state index in [4.69, 9.17) is 14.7 Å². The van der Waals surface area contributed by atoms with Crippen molar-refractivity contribution in [3.8, 4) is 5.75 Å². The molecular weight excluding hydrogens is 989 g/mol. The Labute approximate surface area is 481 Å². The number of rotatable bonds is 19. The summed E-state index contributed by atoms with van der Waals surface area (Å²) in [4.78, 5) is 23.7. The lowest BCUT2D eigenvalue weighted by Gasteiger charge is -2.21. The Morgan fingerprint density at radius 2 is 0.877 bits per heavy atom. The summed E-state index contributed by atoms with van der Waals surface area (Å²) in [6.07, 6.45) is 43.6. The Morgan fingerprint density at radius 3 is 1.42 bits per heavy atom. The van der Waals surface area contributed by atoms with Crippen LogP contribution in [0.15, 0.2) is 239 Å². The molecule has 11 rings (SSSR count). The molecule has 0 spiro atoms. The number of nitrogens with zero attached hydrogens (tertiary/aromatic N) is 4. The number of unbranched alkanes of at least 4 members (excludes halogenated alkanes) is 5. The van der Waals surface area contributed by atoms with E-state index < -0.39 is 0 Å². The van der Waals surface area contributed by atoms with Crippen LogP contribution >= 0.6 is 0 Å². The minimum Gasteiger partial charge on any atom is -0.494 e. The van der Waals surface area contributed by atoms with Crippen LogP contribution in [0, 0.1) is 0 Å². The first-order valence-corrected chi connectivity index (χ1v) is 29.8. The molecule has 7 aliphatic rings. The fourth-order valence-corrected chi connectivity index (χ4v) is 11.4. The largest absolute Gasteiger partial charge is 0.494 e. The SMILES string of the molecule is CCCN1C=CC(=C2C=CN(CCCCCCCCOc3ccc(C4=C5C=CC(=[NH+]5)C(c5cccc(C(C)C)c5)=C5C=CC(=N5)C(c5cccc(C(C)C)c5)=C5C=CC(=N5)C(c5cccc(C(C)C)c5)=C5C=CC4=[NH+]5)cc3)C=C2)C=C1. The van der Waals surface area contributed by atoms with Gasteiger partial charge < -0.3 is 14.5 Å². The minimum atomic E-state index is 0.364. The van der Waals surface area contributed by atoms with Gasteiger partial charge in [0.25, 0.3) is 0 Å². The van der Waals surface area contributed by atoms with E-state index >= 15 is 0 Å². The molecule has 7 nitrogen and oxygen atoms in total. The Morgan fingerprint density at radius 1 is 0.420 bits per heavy atom. The fraction of sp³-hybridized carbons (Fsp3) is 0.270. The zero-order valence-electron chi connectivity index (χ0n) is 48.5. The average molecular weight is 1070 g/mol. The lowest BCUT2D eigenvalue weighted by atomic mass is 9.94. The Kier molecular flexibility index (Phi) is 16.8. The maximum atomic E-state index is 6.41. The van der Waals surface area contributed by atoms with E-state index in [0.717, 1.165) is 128 Å². The smallest absolute Gasteiger partial charge is 0.218 e. The van der Waals surface area contributed by atoms with Gasteiger partial charge in [0.1, 0.15) is 11.3 Å². The molecule has 0 aliphatic carbocycles. The normalized spacial score (nSPS) is 17.3. The molecule has 0 fully saturated rings. The second-order valence-corrected chi connectivity index (χ2v) is 23.0. The van der Waals surface area contributed by atoms with Crippen molar-refractivity contribution in [1.82, 2.24) is 9.80 Å². The number of hydrogen-bond acceptors (Lipinski definition) is 5. The molecule has 0 atom stereocenters. The van der Waals surface area contributed by atoms with Crippen LogP contribution in [0.5, 0.6) is 5.75 Å². The molecule has 0 saturated carbocycles. The number of nitrogens with one attached hydrogen (secondary N) is 2. The molecule has 81 heavy (non-hydrogen) atoms. The van der Waals surface area contributed by atoms with Crippen LogP contribution in [0.4, 0.5) is 0 Å². The summed E-state index contributed by atoms with van der Waals surface area (Å²) in [5.74, 6) is 1.97. The first-order valence-electron chi connectivity index (χ1n) is 29.8. The first-order chi connectivity index (χ1) is 39.6. The van der Waals surface area contributed by atoms with E-state index in [1.54, 1.807) is 0 Å². The number of hydrogen-bond donors (Lipinski definition) is 2. The molecule has 7 aliphatic heterocycles. The zero-order chi connectivity index (χ0) is 55.8. The molecule has 408 valence electrons. The molecule has 7 heteroatoms. The number of benzene rings is 4. The standard InChI is InChI=1S/C74H76N6O/c1-8-40-79-42-36-53(37-43-79)54-38-44-80(45-39-54)41-13-11-9-10-12-14-46-81-62-26-24-55(25-27-62)71-63-28-30-65(75-63)72(59-21-15-18-56(47-59)50(2)3)67-32-34-69(77-67)74(61-23-17-20-58(49-61)52(6)7)70-35-33-68(78-70)73(66-31-29-64(71)76-66)60-22-16-19-57(48-60)51(4)5/h15-39,42-45,47-52H,8-14,40-41,46H2,1-7H3/p+2. The first kappa shape index (κ1) is 54.5. The summed E-state index contributed by atoms with van der Waals surface area (Å²) in [5.41, 5.74) is 22.5. The summed E-state index contributed by atoms with van der Waals surface area (Å²) in [6.45, 7) is 18.5. The molecule has 2 N–H and O–H groups in total. The second kappa shape index (κ2) is 24.9. The van der Waals surface area contributed by atoms with Gasteiger partial charge in [-0.05, 0) is 148 Å². The molecule has 4 aromatic rings. The van der Waals surface area contributed by atoms with Crippen molar-refractivity contribution in [2.24, 2.45) is 9.98 Å². The van der Waals surface area contributed by atoms with Gasteiger partial charge in [0.15, 0.2) is 0 Å². The van der Waals surface area contributed by atoms with E-state index in [1.807, 2.05) is 0 Å². The van der Waals surface area contributed by atoms with Gasteiger partial charge in [-0.2, -0.15) is 0 Å². The summed E-state index contributed by atoms with van der Waals surface area (Å²) in [5, 5.41) is 0. The van der Waals surface area contributed by atoms with Gasteiger partial charge in [-0.1, -0.05) is 159 Å². The molecule has 0 aromatic heterocycles. The quantitative estimate of drug-likeness (QED) is 0.0920. The van der Waals surface area contributed by atoms with Crippen LogP contribution in [-0.4, -0.2) is 52.3 Å².